The highest BCUT2D eigenvalue weighted by Crippen LogP contribution is 2.20. The lowest BCUT2D eigenvalue weighted by molar-refractivity contribution is -0.132. The zero-order chi connectivity index (χ0) is 25.5. The van der Waals surface area contributed by atoms with Crippen LogP contribution in [0.1, 0.15) is 35.3 Å². The van der Waals surface area contributed by atoms with Crippen molar-refractivity contribution in [3.63, 3.8) is 0 Å². The van der Waals surface area contributed by atoms with Gasteiger partial charge in [0.1, 0.15) is 12.3 Å². The molecule has 0 saturated heterocycles. The lowest BCUT2D eigenvalue weighted by Crippen LogP contribution is -2.46. The third kappa shape index (κ3) is 5.95. The number of hydrogen-bond donors (Lipinski definition) is 1. The van der Waals surface area contributed by atoms with Crippen molar-refractivity contribution in [3.05, 3.63) is 102 Å². The first-order valence-electron chi connectivity index (χ1n) is 12.3. The van der Waals surface area contributed by atoms with Crippen LogP contribution in [0.2, 0.25) is 0 Å². The van der Waals surface area contributed by atoms with Gasteiger partial charge in [0.15, 0.2) is 0 Å². The van der Waals surface area contributed by atoms with E-state index in [0.29, 0.717) is 24.4 Å². The van der Waals surface area contributed by atoms with Gasteiger partial charge in [0.25, 0.3) is 5.91 Å². The first-order valence-corrected chi connectivity index (χ1v) is 12.3. The molecule has 186 valence electrons. The molecule has 0 radical (unpaired) electrons. The molecular weight excluding hydrogens is 450 g/mol. The summed E-state index contributed by atoms with van der Waals surface area (Å²) in [6.07, 6.45) is 2.74. The van der Waals surface area contributed by atoms with Gasteiger partial charge in [-0.2, -0.15) is 0 Å². The quantitative estimate of drug-likeness (QED) is 0.333. The molecule has 1 N–H and O–H groups in total. The third-order valence-electron chi connectivity index (χ3n) is 6.42. The number of amides is 2. The molecule has 0 unspecified atom stereocenters. The van der Waals surface area contributed by atoms with E-state index < -0.39 is 0 Å². The van der Waals surface area contributed by atoms with Crippen molar-refractivity contribution < 1.29 is 14.3 Å². The van der Waals surface area contributed by atoms with Crippen LogP contribution >= 0.6 is 0 Å². The molecular formula is C30H33N3O3. The Labute approximate surface area is 212 Å². The van der Waals surface area contributed by atoms with Gasteiger partial charge >= 0.3 is 0 Å². The maximum absolute atomic E-state index is 13.6. The minimum Gasteiger partial charge on any atom is -0.497 e. The Bertz CT molecular complexity index is 1300. The fourth-order valence-corrected chi connectivity index (χ4v) is 4.32. The number of aromatic nitrogens is 1. The van der Waals surface area contributed by atoms with E-state index in [-0.39, 0.29) is 24.4 Å². The molecule has 4 aromatic rings. The van der Waals surface area contributed by atoms with Gasteiger partial charge < -0.3 is 19.5 Å². The molecule has 0 saturated carbocycles. The highest BCUT2D eigenvalue weighted by atomic mass is 16.5. The summed E-state index contributed by atoms with van der Waals surface area (Å²) < 4.78 is 5.21. The molecule has 0 fully saturated rings. The van der Waals surface area contributed by atoms with Gasteiger partial charge in [-0.15, -0.1) is 0 Å². The van der Waals surface area contributed by atoms with Crippen molar-refractivity contribution in [1.82, 2.24) is 14.8 Å². The molecule has 4 rings (SSSR count). The third-order valence-corrected chi connectivity index (χ3v) is 6.42. The highest BCUT2D eigenvalue weighted by Gasteiger charge is 2.25. The summed E-state index contributed by atoms with van der Waals surface area (Å²) in [6, 6.07) is 25.0. The lowest BCUT2D eigenvalue weighted by Gasteiger charge is -2.30. The summed E-state index contributed by atoms with van der Waals surface area (Å²) >= 11 is 0. The van der Waals surface area contributed by atoms with Gasteiger partial charge in [0, 0.05) is 41.8 Å². The van der Waals surface area contributed by atoms with E-state index in [0.717, 1.165) is 17.5 Å². The van der Waals surface area contributed by atoms with Crippen LogP contribution in [0.5, 0.6) is 5.75 Å². The fourth-order valence-electron chi connectivity index (χ4n) is 4.32. The van der Waals surface area contributed by atoms with Gasteiger partial charge in [-0.3, -0.25) is 9.59 Å². The Morgan fingerprint density at radius 2 is 1.61 bits per heavy atom. The summed E-state index contributed by atoms with van der Waals surface area (Å²) in [7, 11) is 1.59. The average Bonchev–Trinajstić information content (AvgIpc) is 3.32. The molecule has 6 heteroatoms. The number of methoxy groups -OCH3 is 1. The molecule has 0 aliphatic carbocycles. The summed E-state index contributed by atoms with van der Waals surface area (Å²) in [5.41, 5.74) is 3.85. The standard InChI is InChI=1S/C30H33N3O3/c1-22(2)33(30(35)24-13-15-26(36-3)16-14-24)21-29(34)32(20-23-9-5-4-6-10-23)18-17-25-19-31-28-12-8-7-11-27(25)28/h4-16,19,22,31H,17-18,20-21H2,1-3H3. The molecule has 6 nitrogen and oxygen atoms in total. The predicted octanol–water partition coefficient (Wildman–Crippen LogP) is 5.30. The van der Waals surface area contributed by atoms with Crippen LogP contribution < -0.4 is 4.74 Å². The number of carbonyl (C=O) groups is 2. The number of rotatable bonds is 10. The van der Waals surface area contributed by atoms with E-state index in [1.54, 1.807) is 36.3 Å². The minimum absolute atomic E-state index is 0.0171. The van der Waals surface area contributed by atoms with E-state index in [1.807, 2.05) is 67.4 Å². The number of nitrogens with one attached hydrogen (secondary N) is 1. The molecule has 1 aromatic heterocycles. The van der Waals surface area contributed by atoms with Crippen molar-refractivity contribution >= 4 is 22.7 Å². The van der Waals surface area contributed by atoms with E-state index in [9.17, 15) is 9.59 Å². The Morgan fingerprint density at radius 3 is 2.31 bits per heavy atom. The van der Waals surface area contributed by atoms with Gasteiger partial charge in [-0.25, -0.2) is 0 Å². The number of nitrogens with zero attached hydrogens (tertiary/aromatic N) is 2. The normalized spacial score (nSPS) is 11.0. The molecule has 3 aromatic carbocycles. The average molecular weight is 484 g/mol. The van der Waals surface area contributed by atoms with Crippen molar-refractivity contribution in [3.8, 4) is 5.75 Å². The summed E-state index contributed by atoms with van der Waals surface area (Å²) in [5, 5.41) is 1.17. The second kappa shape index (κ2) is 11.6. The van der Waals surface area contributed by atoms with Gasteiger partial charge in [0.05, 0.1) is 7.11 Å². The summed E-state index contributed by atoms with van der Waals surface area (Å²) in [4.78, 5) is 33.7. The van der Waals surface area contributed by atoms with Crippen LogP contribution in [0.4, 0.5) is 0 Å². The van der Waals surface area contributed by atoms with Gasteiger partial charge in [0.2, 0.25) is 5.91 Å². The molecule has 0 aliphatic heterocycles. The largest absolute Gasteiger partial charge is 0.497 e. The van der Waals surface area contributed by atoms with Gasteiger partial charge in [-0.1, -0.05) is 48.5 Å². The lowest BCUT2D eigenvalue weighted by atomic mass is 10.1. The molecule has 0 aliphatic rings. The number of ether oxygens (including phenoxy) is 1. The van der Waals surface area contributed by atoms with Crippen molar-refractivity contribution in [2.45, 2.75) is 32.9 Å². The maximum Gasteiger partial charge on any atom is 0.254 e. The zero-order valence-corrected chi connectivity index (χ0v) is 21.1. The Balaban J connectivity index is 1.52. The molecule has 1 heterocycles. The number of hydrogen-bond acceptors (Lipinski definition) is 3. The SMILES string of the molecule is COc1ccc(C(=O)N(CC(=O)N(CCc2c[nH]c3ccccc23)Cc2ccccc2)C(C)C)cc1. The molecule has 2 amide bonds. The summed E-state index contributed by atoms with van der Waals surface area (Å²) in [6.45, 7) is 4.93. The first-order chi connectivity index (χ1) is 17.5. The number of fused-ring (bicyclic) bond motifs is 1. The number of aromatic amines is 1. The maximum atomic E-state index is 13.6. The number of carbonyl (C=O) groups excluding carboxylic acids is 2. The van der Waals surface area contributed by atoms with Crippen LogP contribution in [-0.2, 0) is 17.8 Å². The fraction of sp³-hybridized carbons (Fsp3) is 0.267. The van der Waals surface area contributed by atoms with Crippen molar-refractivity contribution in [2.75, 3.05) is 20.2 Å². The number of H-pyrrole nitrogens is 1. The zero-order valence-electron chi connectivity index (χ0n) is 21.1. The van der Waals surface area contributed by atoms with E-state index in [1.165, 1.54) is 10.9 Å². The first kappa shape index (κ1) is 25.0. The van der Waals surface area contributed by atoms with Gasteiger partial charge in [-0.05, 0) is 61.7 Å². The van der Waals surface area contributed by atoms with Crippen LogP contribution in [-0.4, -0.2) is 52.8 Å². The molecule has 0 atom stereocenters. The van der Waals surface area contributed by atoms with Crippen molar-refractivity contribution in [1.29, 1.82) is 0 Å². The second-order valence-electron chi connectivity index (χ2n) is 9.17. The topological polar surface area (TPSA) is 65.6 Å². The van der Waals surface area contributed by atoms with Crippen LogP contribution in [0, 0.1) is 0 Å². The van der Waals surface area contributed by atoms with Crippen LogP contribution in [0.3, 0.4) is 0 Å². The van der Waals surface area contributed by atoms with Crippen LogP contribution in [0.15, 0.2) is 85.1 Å². The molecule has 0 spiro atoms. The van der Waals surface area contributed by atoms with Crippen molar-refractivity contribution in [2.24, 2.45) is 0 Å². The van der Waals surface area contributed by atoms with E-state index in [2.05, 4.69) is 17.1 Å². The number of benzene rings is 3. The molecule has 0 bridgehead atoms. The predicted molar refractivity (Wildman–Crippen MR) is 143 cm³/mol. The summed E-state index contributed by atoms with van der Waals surface area (Å²) in [5.74, 6) is 0.441. The highest BCUT2D eigenvalue weighted by molar-refractivity contribution is 5.96. The minimum atomic E-state index is -0.169. The van der Waals surface area contributed by atoms with E-state index in [4.69, 9.17) is 4.74 Å². The monoisotopic (exact) mass is 483 g/mol. The Morgan fingerprint density at radius 1 is 0.917 bits per heavy atom. The Kier molecular flexibility index (Phi) is 8.06. The van der Waals surface area contributed by atoms with Crippen LogP contribution in [0.25, 0.3) is 10.9 Å². The van der Waals surface area contributed by atoms with E-state index >= 15 is 0 Å². The number of para-hydroxylation sites is 1. The molecule has 36 heavy (non-hydrogen) atoms. The smallest absolute Gasteiger partial charge is 0.254 e. The second-order valence-corrected chi connectivity index (χ2v) is 9.17. The Hall–Kier alpha value is -4.06.